The van der Waals surface area contributed by atoms with Crippen LogP contribution >= 0.6 is 0 Å². The SMILES string of the molecule is Cc1ccc2nnc(-c3cccc(N)n3)n2n1. The van der Waals surface area contributed by atoms with Crippen LogP contribution < -0.4 is 5.73 Å². The van der Waals surface area contributed by atoms with E-state index in [1.807, 2.05) is 31.2 Å². The van der Waals surface area contributed by atoms with Crippen molar-refractivity contribution in [2.45, 2.75) is 6.92 Å². The van der Waals surface area contributed by atoms with E-state index in [0.717, 1.165) is 5.69 Å². The molecule has 6 nitrogen and oxygen atoms in total. The van der Waals surface area contributed by atoms with Gasteiger partial charge in [-0.3, -0.25) is 0 Å². The quantitative estimate of drug-likeness (QED) is 0.671. The summed E-state index contributed by atoms with van der Waals surface area (Å²) in [6, 6.07) is 9.14. The molecule has 0 unspecified atom stereocenters. The third-order valence-electron chi connectivity index (χ3n) is 2.40. The Labute approximate surface area is 97.1 Å². The zero-order chi connectivity index (χ0) is 11.8. The minimum atomic E-state index is 0.451. The zero-order valence-electron chi connectivity index (χ0n) is 9.20. The summed E-state index contributed by atoms with van der Waals surface area (Å²) >= 11 is 0. The monoisotopic (exact) mass is 226 g/mol. The second-order valence-corrected chi connectivity index (χ2v) is 3.72. The van der Waals surface area contributed by atoms with E-state index < -0.39 is 0 Å². The lowest BCUT2D eigenvalue weighted by Crippen LogP contribution is -1.99. The highest BCUT2D eigenvalue weighted by molar-refractivity contribution is 5.56. The van der Waals surface area contributed by atoms with Crippen LogP contribution in [0.1, 0.15) is 5.69 Å². The standard InChI is InChI=1S/C11H10N6/c1-7-5-6-10-14-15-11(17(10)16-7)8-3-2-4-9(12)13-8/h2-6H,1H3,(H2,12,13). The summed E-state index contributed by atoms with van der Waals surface area (Å²) in [5.41, 5.74) is 7.89. The first-order valence-corrected chi connectivity index (χ1v) is 5.16. The van der Waals surface area contributed by atoms with Gasteiger partial charge >= 0.3 is 0 Å². The number of pyridine rings is 1. The summed E-state index contributed by atoms with van der Waals surface area (Å²) in [5.74, 6) is 1.04. The highest BCUT2D eigenvalue weighted by Crippen LogP contribution is 2.16. The van der Waals surface area contributed by atoms with Crippen molar-refractivity contribution in [3.05, 3.63) is 36.0 Å². The molecule has 3 aromatic rings. The Morgan fingerprint density at radius 3 is 2.82 bits per heavy atom. The van der Waals surface area contributed by atoms with E-state index in [1.54, 1.807) is 10.6 Å². The molecule has 6 heteroatoms. The smallest absolute Gasteiger partial charge is 0.203 e. The van der Waals surface area contributed by atoms with Gasteiger partial charge in [0.25, 0.3) is 0 Å². The van der Waals surface area contributed by atoms with Crippen LogP contribution in [0.25, 0.3) is 17.2 Å². The molecule has 0 aliphatic rings. The average molecular weight is 226 g/mol. The van der Waals surface area contributed by atoms with E-state index in [4.69, 9.17) is 5.73 Å². The van der Waals surface area contributed by atoms with Crippen LogP contribution in [0.2, 0.25) is 0 Å². The highest BCUT2D eigenvalue weighted by Gasteiger charge is 2.10. The van der Waals surface area contributed by atoms with Crippen LogP contribution in [0.5, 0.6) is 0 Å². The topological polar surface area (TPSA) is 82.0 Å². The van der Waals surface area contributed by atoms with Gasteiger partial charge in [0.2, 0.25) is 5.82 Å². The number of fused-ring (bicyclic) bond motifs is 1. The maximum Gasteiger partial charge on any atom is 0.203 e. The molecule has 0 aliphatic carbocycles. The fourth-order valence-electron chi connectivity index (χ4n) is 1.62. The van der Waals surface area contributed by atoms with E-state index in [-0.39, 0.29) is 0 Å². The first kappa shape index (κ1) is 9.71. The van der Waals surface area contributed by atoms with E-state index in [2.05, 4.69) is 20.3 Å². The van der Waals surface area contributed by atoms with Crippen molar-refractivity contribution in [2.75, 3.05) is 5.73 Å². The molecule has 84 valence electrons. The molecule has 0 bridgehead atoms. The lowest BCUT2D eigenvalue weighted by Gasteiger charge is -2.00. The van der Waals surface area contributed by atoms with E-state index in [0.29, 0.717) is 23.0 Å². The molecule has 17 heavy (non-hydrogen) atoms. The molecule has 0 aromatic carbocycles. The van der Waals surface area contributed by atoms with Crippen LogP contribution in [0, 0.1) is 6.92 Å². The number of nitrogen functional groups attached to an aromatic ring is 1. The fourth-order valence-corrected chi connectivity index (χ4v) is 1.62. The molecular weight excluding hydrogens is 216 g/mol. The Morgan fingerprint density at radius 2 is 2.00 bits per heavy atom. The number of aryl methyl sites for hydroxylation is 1. The Balaban J connectivity index is 2.27. The van der Waals surface area contributed by atoms with E-state index in [1.165, 1.54) is 0 Å². The van der Waals surface area contributed by atoms with Gasteiger partial charge in [-0.15, -0.1) is 10.2 Å². The van der Waals surface area contributed by atoms with Crippen LogP contribution in [-0.4, -0.2) is 24.8 Å². The third-order valence-corrected chi connectivity index (χ3v) is 2.40. The van der Waals surface area contributed by atoms with Crippen LogP contribution in [0.4, 0.5) is 5.82 Å². The summed E-state index contributed by atoms with van der Waals surface area (Å²) in [7, 11) is 0. The van der Waals surface area contributed by atoms with Gasteiger partial charge in [-0.05, 0) is 31.2 Å². The van der Waals surface area contributed by atoms with Crippen molar-refractivity contribution in [3.8, 4) is 11.5 Å². The number of nitrogens with two attached hydrogens (primary N) is 1. The maximum atomic E-state index is 5.65. The van der Waals surface area contributed by atoms with Crippen molar-refractivity contribution in [1.82, 2.24) is 24.8 Å². The fraction of sp³-hybridized carbons (Fsp3) is 0.0909. The normalized spacial score (nSPS) is 10.9. The predicted molar refractivity (Wildman–Crippen MR) is 63.2 cm³/mol. The number of anilines is 1. The van der Waals surface area contributed by atoms with Crippen LogP contribution in [0.3, 0.4) is 0 Å². The number of rotatable bonds is 1. The zero-order valence-corrected chi connectivity index (χ0v) is 9.20. The van der Waals surface area contributed by atoms with Crippen LogP contribution in [-0.2, 0) is 0 Å². The Bertz CT molecular complexity index is 687. The van der Waals surface area contributed by atoms with Gasteiger partial charge in [0, 0.05) is 0 Å². The molecule has 0 atom stereocenters. The number of hydrogen-bond donors (Lipinski definition) is 1. The number of aromatic nitrogens is 5. The van der Waals surface area contributed by atoms with Crippen molar-refractivity contribution in [3.63, 3.8) is 0 Å². The predicted octanol–water partition coefficient (Wildman–Crippen LogP) is 1.08. The van der Waals surface area contributed by atoms with Crippen molar-refractivity contribution >= 4 is 11.5 Å². The molecule has 0 fully saturated rings. The summed E-state index contributed by atoms with van der Waals surface area (Å²) in [6.07, 6.45) is 0. The first-order chi connectivity index (χ1) is 8.24. The molecule has 0 spiro atoms. The van der Waals surface area contributed by atoms with Gasteiger partial charge < -0.3 is 5.73 Å². The molecule has 0 amide bonds. The van der Waals surface area contributed by atoms with Gasteiger partial charge in [-0.2, -0.15) is 9.61 Å². The van der Waals surface area contributed by atoms with Gasteiger partial charge in [0.15, 0.2) is 5.65 Å². The summed E-state index contributed by atoms with van der Waals surface area (Å²) in [5, 5.41) is 12.5. The van der Waals surface area contributed by atoms with E-state index >= 15 is 0 Å². The maximum absolute atomic E-state index is 5.65. The summed E-state index contributed by atoms with van der Waals surface area (Å²) in [6.45, 7) is 1.91. The average Bonchev–Trinajstić information content (AvgIpc) is 2.71. The van der Waals surface area contributed by atoms with Gasteiger partial charge in [0.05, 0.1) is 5.69 Å². The third kappa shape index (κ3) is 1.59. The molecule has 3 aromatic heterocycles. The van der Waals surface area contributed by atoms with Gasteiger partial charge in [0.1, 0.15) is 11.5 Å². The molecule has 0 radical (unpaired) electrons. The van der Waals surface area contributed by atoms with Crippen LogP contribution in [0.15, 0.2) is 30.3 Å². The van der Waals surface area contributed by atoms with E-state index in [9.17, 15) is 0 Å². The molecule has 2 N–H and O–H groups in total. The van der Waals surface area contributed by atoms with Gasteiger partial charge in [-0.1, -0.05) is 6.07 Å². The molecule has 3 heterocycles. The van der Waals surface area contributed by atoms with Crippen molar-refractivity contribution < 1.29 is 0 Å². The Hall–Kier alpha value is -2.50. The Kier molecular flexibility index (Phi) is 2.01. The number of nitrogens with zero attached hydrogens (tertiary/aromatic N) is 5. The summed E-state index contributed by atoms with van der Waals surface area (Å²) < 4.78 is 1.66. The largest absolute Gasteiger partial charge is 0.384 e. The Morgan fingerprint density at radius 1 is 1.12 bits per heavy atom. The molecule has 3 rings (SSSR count). The van der Waals surface area contributed by atoms with Gasteiger partial charge in [-0.25, -0.2) is 4.98 Å². The minimum absolute atomic E-state index is 0.451. The molecular formula is C11H10N6. The molecule has 0 saturated carbocycles. The molecule has 0 aliphatic heterocycles. The molecule has 0 saturated heterocycles. The van der Waals surface area contributed by atoms with Crippen molar-refractivity contribution in [1.29, 1.82) is 0 Å². The lowest BCUT2D eigenvalue weighted by molar-refractivity contribution is 0.897. The van der Waals surface area contributed by atoms with Crippen molar-refractivity contribution in [2.24, 2.45) is 0 Å². The second-order valence-electron chi connectivity index (χ2n) is 3.72. The highest BCUT2D eigenvalue weighted by atomic mass is 15.4. The second kappa shape index (κ2) is 3.51. The summed E-state index contributed by atoms with van der Waals surface area (Å²) in [4.78, 5) is 4.21. The lowest BCUT2D eigenvalue weighted by atomic mass is 10.3. The minimum Gasteiger partial charge on any atom is -0.384 e. The first-order valence-electron chi connectivity index (χ1n) is 5.16. The number of hydrogen-bond acceptors (Lipinski definition) is 5.